The zero-order valence-electron chi connectivity index (χ0n) is 21.6. The third-order valence-corrected chi connectivity index (χ3v) is 6.49. The van der Waals surface area contributed by atoms with Crippen LogP contribution < -0.4 is 27.3 Å². The van der Waals surface area contributed by atoms with E-state index in [1.807, 2.05) is 58.0 Å². The summed E-state index contributed by atoms with van der Waals surface area (Å²) in [5.74, 6) is 3.31. The Bertz CT molecular complexity index is 1340. The van der Waals surface area contributed by atoms with Gasteiger partial charge in [0.1, 0.15) is 23.3 Å². The molecule has 0 bridgehead atoms. The number of aryl methyl sites for hydroxylation is 2. The van der Waals surface area contributed by atoms with Crippen LogP contribution in [0.2, 0.25) is 0 Å². The molecule has 3 atom stereocenters. The van der Waals surface area contributed by atoms with Crippen molar-refractivity contribution in [2.24, 2.45) is 11.8 Å². The van der Waals surface area contributed by atoms with Crippen LogP contribution in [0.3, 0.4) is 0 Å². The quantitative estimate of drug-likeness (QED) is 0.186. The molecule has 10 nitrogen and oxygen atoms in total. The molecule has 0 fully saturated rings. The Morgan fingerprint density at radius 1 is 1.03 bits per heavy atom. The Kier molecular flexibility index (Phi) is 9.13. The van der Waals surface area contributed by atoms with E-state index >= 15 is 0 Å². The van der Waals surface area contributed by atoms with E-state index in [0.717, 1.165) is 11.3 Å². The van der Waals surface area contributed by atoms with Gasteiger partial charge in [-0.1, -0.05) is 50.6 Å². The number of nitrogens with zero attached hydrogens (tertiary/aromatic N) is 2. The number of aromatic nitrogens is 2. The van der Waals surface area contributed by atoms with Gasteiger partial charge in [-0.3, -0.25) is 24.6 Å². The van der Waals surface area contributed by atoms with E-state index in [9.17, 15) is 19.2 Å². The van der Waals surface area contributed by atoms with E-state index in [1.165, 1.54) is 6.20 Å². The maximum Gasteiger partial charge on any atom is 0.257 e. The van der Waals surface area contributed by atoms with Gasteiger partial charge in [-0.2, -0.15) is 0 Å². The van der Waals surface area contributed by atoms with E-state index in [0.29, 0.717) is 24.0 Å². The van der Waals surface area contributed by atoms with Gasteiger partial charge in [0.15, 0.2) is 0 Å². The molecule has 3 aromatic rings. The monoisotopic (exact) mass is 506 g/mol. The fourth-order valence-electron chi connectivity index (χ4n) is 4.10. The van der Waals surface area contributed by atoms with Gasteiger partial charge in [-0.15, -0.1) is 0 Å². The first-order valence-corrected chi connectivity index (χ1v) is 12.4. The Labute approximate surface area is 215 Å². The second kappa shape index (κ2) is 12.3. The smallest absolute Gasteiger partial charge is 0.257 e. The molecule has 3 unspecified atom stereocenters. The maximum atomic E-state index is 13.3. The zero-order valence-corrected chi connectivity index (χ0v) is 21.6. The molecule has 196 valence electrons. The average molecular weight is 507 g/mol. The molecule has 0 aliphatic carbocycles. The molecule has 0 radical (unpaired) electrons. The molecule has 5 N–H and O–H groups in total. The number of carbonyl (C=O) groups is 3. The second-order valence-corrected chi connectivity index (χ2v) is 9.08. The summed E-state index contributed by atoms with van der Waals surface area (Å²) in [5.41, 5.74) is 3.63. The lowest BCUT2D eigenvalue weighted by Crippen LogP contribution is -2.57. The number of amides is 3. The largest absolute Gasteiger partial charge is 0.342 e. The molecule has 3 amide bonds. The first-order chi connectivity index (χ1) is 17.7. The standard InChI is InChI=1S/C27H34N6O4/c1-5-16(3)22(27(37)30-21(26(36)32-28)14-18-10-8-7-9-11-18)31-25(35)20-15-33(6-2)24-19(23(20)34)13-12-17(4)29-24/h7-13,15-16,21-22H,5-6,14,28H2,1-4H3,(H,30,37)(H,31,35)(H,32,36). The number of pyridine rings is 2. The molecule has 10 heteroatoms. The maximum absolute atomic E-state index is 13.3. The summed E-state index contributed by atoms with van der Waals surface area (Å²) in [6.07, 6.45) is 2.26. The number of hydrazine groups is 1. The van der Waals surface area contributed by atoms with Crippen LogP contribution in [0.15, 0.2) is 53.5 Å². The average Bonchev–Trinajstić information content (AvgIpc) is 2.90. The van der Waals surface area contributed by atoms with Crippen molar-refractivity contribution in [3.05, 3.63) is 75.7 Å². The number of nitrogens with two attached hydrogens (primary N) is 1. The number of fused-ring (bicyclic) bond motifs is 1. The minimum Gasteiger partial charge on any atom is -0.342 e. The SMILES string of the molecule is CCC(C)C(NC(=O)c1cn(CC)c2nc(C)ccc2c1=O)C(=O)NC(Cc1ccccc1)C(=O)NN. The molecule has 1 aromatic carbocycles. The van der Waals surface area contributed by atoms with Crippen LogP contribution in [0.25, 0.3) is 11.0 Å². The van der Waals surface area contributed by atoms with Crippen molar-refractivity contribution in [3.8, 4) is 0 Å². The van der Waals surface area contributed by atoms with Crippen LogP contribution in [0.1, 0.15) is 48.8 Å². The molecule has 0 aliphatic heterocycles. The van der Waals surface area contributed by atoms with Crippen LogP contribution in [0.5, 0.6) is 0 Å². The summed E-state index contributed by atoms with van der Waals surface area (Å²) in [4.78, 5) is 56.7. The summed E-state index contributed by atoms with van der Waals surface area (Å²) >= 11 is 0. The van der Waals surface area contributed by atoms with Crippen LogP contribution in [-0.4, -0.2) is 39.4 Å². The summed E-state index contributed by atoms with van der Waals surface area (Å²) in [6.45, 7) is 7.92. The molecule has 37 heavy (non-hydrogen) atoms. The lowest BCUT2D eigenvalue weighted by Gasteiger charge is -2.26. The minimum absolute atomic E-state index is 0.0818. The van der Waals surface area contributed by atoms with E-state index in [2.05, 4.69) is 21.0 Å². The first-order valence-electron chi connectivity index (χ1n) is 12.4. The van der Waals surface area contributed by atoms with Crippen molar-refractivity contribution in [1.82, 2.24) is 25.6 Å². The number of carbonyl (C=O) groups excluding carboxylic acids is 3. The highest BCUT2D eigenvalue weighted by Crippen LogP contribution is 2.14. The van der Waals surface area contributed by atoms with Gasteiger partial charge >= 0.3 is 0 Å². The topological polar surface area (TPSA) is 148 Å². The van der Waals surface area contributed by atoms with Crippen molar-refractivity contribution in [2.45, 2.75) is 59.2 Å². The van der Waals surface area contributed by atoms with Crippen molar-refractivity contribution >= 4 is 28.8 Å². The van der Waals surface area contributed by atoms with Gasteiger partial charge in [0.2, 0.25) is 11.3 Å². The van der Waals surface area contributed by atoms with Gasteiger partial charge in [0.25, 0.3) is 11.8 Å². The van der Waals surface area contributed by atoms with Gasteiger partial charge < -0.3 is 15.2 Å². The Morgan fingerprint density at radius 3 is 2.35 bits per heavy atom. The van der Waals surface area contributed by atoms with Crippen molar-refractivity contribution < 1.29 is 14.4 Å². The second-order valence-electron chi connectivity index (χ2n) is 9.08. The third kappa shape index (κ3) is 6.39. The Balaban J connectivity index is 1.89. The minimum atomic E-state index is -0.984. The highest BCUT2D eigenvalue weighted by molar-refractivity contribution is 6.00. The van der Waals surface area contributed by atoms with Crippen molar-refractivity contribution in [1.29, 1.82) is 0 Å². The third-order valence-electron chi connectivity index (χ3n) is 6.49. The van der Waals surface area contributed by atoms with E-state index in [4.69, 9.17) is 5.84 Å². The lowest BCUT2D eigenvalue weighted by atomic mass is 9.96. The number of hydrogen-bond donors (Lipinski definition) is 4. The molecule has 2 aromatic heterocycles. The first kappa shape index (κ1) is 27.5. The summed E-state index contributed by atoms with van der Waals surface area (Å²) < 4.78 is 1.73. The Morgan fingerprint density at radius 2 is 1.73 bits per heavy atom. The van der Waals surface area contributed by atoms with Gasteiger partial charge in [0, 0.05) is 24.9 Å². The molecule has 2 heterocycles. The molecule has 0 spiro atoms. The molecule has 0 aliphatic rings. The van der Waals surface area contributed by atoms with Gasteiger partial charge in [-0.25, -0.2) is 10.8 Å². The molecule has 3 rings (SSSR count). The van der Waals surface area contributed by atoms with Crippen LogP contribution in [0, 0.1) is 12.8 Å². The zero-order chi connectivity index (χ0) is 27.1. The Hall–Kier alpha value is -4.05. The molecular weight excluding hydrogens is 472 g/mol. The van der Waals surface area contributed by atoms with Crippen molar-refractivity contribution in [3.63, 3.8) is 0 Å². The predicted octanol–water partition coefficient (Wildman–Crippen LogP) is 1.59. The normalized spacial score (nSPS) is 13.4. The highest BCUT2D eigenvalue weighted by Gasteiger charge is 2.31. The van der Waals surface area contributed by atoms with E-state index < -0.39 is 35.2 Å². The summed E-state index contributed by atoms with van der Waals surface area (Å²) in [7, 11) is 0. The summed E-state index contributed by atoms with van der Waals surface area (Å²) in [6, 6.07) is 10.6. The van der Waals surface area contributed by atoms with Gasteiger partial charge in [0.05, 0.1) is 5.39 Å². The predicted molar refractivity (Wildman–Crippen MR) is 142 cm³/mol. The number of nitrogens with one attached hydrogen (secondary N) is 3. The lowest BCUT2D eigenvalue weighted by molar-refractivity contribution is -0.130. The van der Waals surface area contributed by atoms with Crippen molar-refractivity contribution in [2.75, 3.05) is 0 Å². The fraction of sp³-hybridized carbons (Fsp3) is 0.370. The molecule has 0 saturated carbocycles. The van der Waals surface area contributed by atoms with E-state index in [-0.39, 0.29) is 17.9 Å². The summed E-state index contributed by atoms with van der Waals surface area (Å²) in [5, 5.41) is 5.78. The number of hydrogen-bond acceptors (Lipinski definition) is 6. The van der Waals surface area contributed by atoms with Crippen LogP contribution in [-0.2, 0) is 22.6 Å². The van der Waals surface area contributed by atoms with E-state index in [1.54, 1.807) is 16.7 Å². The molecule has 0 saturated heterocycles. The van der Waals surface area contributed by atoms with Crippen LogP contribution >= 0.6 is 0 Å². The highest BCUT2D eigenvalue weighted by atomic mass is 16.2. The number of rotatable bonds is 10. The van der Waals surface area contributed by atoms with Gasteiger partial charge in [-0.05, 0) is 37.5 Å². The molecular formula is C27H34N6O4. The van der Waals surface area contributed by atoms with Crippen LogP contribution in [0.4, 0.5) is 0 Å². The fourth-order valence-corrected chi connectivity index (χ4v) is 4.10. The number of benzene rings is 1.